The summed E-state index contributed by atoms with van der Waals surface area (Å²) in [6.45, 7) is 0. The third-order valence-corrected chi connectivity index (χ3v) is 13.0. The average molecular weight is 750 g/mol. The quantitative estimate of drug-likeness (QED) is 0.170. The minimum Gasteiger partial charge on any atom is -0.265 e. The van der Waals surface area contributed by atoms with Gasteiger partial charge in [0, 0.05) is 69.4 Å². The number of nitrogens with zero attached hydrogens (tertiary/aromatic N) is 3. The van der Waals surface area contributed by atoms with E-state index in [2.05, 4.69) is 151 Å². The number of thiophene rings is 2. The first-order valence-electron chi connectivity index (χ1n) is 18.7. The van der Waals surface area contributed by atoms with Gasteiger partial charge in [-0.05, 0) is 88.0 Å². The van der Waals surface area contributed by atoms with Crippen LogP contribution in [-0.2, 0) is 0 Å². The highest BCUT2D eigenvalue weighted by molar-refractivity contribution is 7.26. The molecule has 0 unspecified atom stereocenters. The van der Waals surface area contributed by atoms with E-state index in [-0.39, 0.29) is 0 Å². The van der Waals surface area contributed by atoms with Gasteiger partial charge in [0.15, 0.2) is 5.82 Å². The zero-order chi connectivity index (χ0) is 37.0. The molecule has 0 saturated heterocycles. The topological polar surface area (TPSA) is 38.7 Å². The van der Waals surface area contributed by atoms with E-state index in [9.17, 15) is 0 Å². The van der Waals surface area contributed by atoms with Crippen LogP contribution in [0.2, 0.25) is 0 Å². The van der Waals surface area contributed by atoms with Crippen LogP contribution in [0.4, 0.5) is 0 Å². The van der Waals surface area contributed by atoms with E-state index in [1.165, 1.54) is 51.5 Å². The molecule has 262 valence electrons. The van der Waals surface area contributed by atoms with Crippen molar-refractivity contribution in [1.29, 1.82) is 0 Å². The second-order valence-electron chi connectivity index (χ2n) is 14.0. The van der Waals surface area contributed by atoms with Gasteiger partial charge >= 0.3 is 0 Å². The van der Waals surface area contributed by atoms with Crippen LogP contribution in [0, 0.1) is 0 Å². The van der Waals surface area contributed by atoms with E-state index in [1.54, 1.807) is 0 Å². The Balaban J connectivity index is 1.17. The van der Waals surface area contributed by atoms with Crippen molar-refractivity contribution in [3.05, 3.63) is 188 Å². The molecule has 0 N–H and O–H groups in total. The lowest BCUT2D eigenvalue weighted by Crippen LogP contribution is -1.97. The molecule has 56 heavy (non-hydrogen) atoms. The van der Waals surface area contributed by atoms with Crippen molar-refractivity contribution in [3.63, 3.8) is 0 Å². The normalized spacial score (nSPS) is 11.6. The number of aromatic nitrogens is 3. The molecule has 7 aromatic carbocycles. The Bertz CT molecular complexity index is 3120. The Morgan fingerprint density at radius 1 is 0.321 bits per heavy atom. The van der Waals surface area contributed by atoms with Crippen molar-refractivity contribution in [3.8, 4) is 67.3 Å². The second-order valence-corrected chi connectivity index (χ2v) is 16.1. The highest BCUT2D eigenvalue weighted by atomic mass is 32.1. The summed E-state index contributed by atoms with van der Waals surface area (Å²) in [5.74, 6) is 0.692. The zero-order valence-corrected chi connectivity index (χ0v) is 31.7. The molecule has 0 atom stereocenters. The van der Waals surface area contributed by atoms with Gasteiger partial charge in [0.05, 0.1) is 11.4 Å². The number of hydrogen-bond acceptors (Lipinski definition) is 5. The van der Waals surface area contributed by atoms with Gasteiger partial charge in [-0.15, -0.1) is 22.7 Å². The van der Waals surface area contributed by atoms with Crippen LogP contribution in [0.1, 0.15) is 0 Å². The van der Waals surface area contributed by atoms with Crippen LogP contribution >= 0.6 is 22.7 Å². The van der Waals surface area contributed by atoms with Gasteiger partial charge in [-0.1, -0.05) is 121 Å². The van der Waals surface area contributed by atoms with Crippen LogP contribution in [0.25, 0.3) is 108 Å². The highest BCUT2D eigenvalue weighted by Gasteiger charge is 2.18. The molecule has 0 spiro atoms. The van der Waals surface area contributed by atoms with Crippen LogP contribution in [0.15, 0.2) is 188 Å². The van der Waals surface area contributed by atoms with Gasteiger partial charge in [-0.3, -0.25) is 4.98 Å². The van der Waals surface area contributed by atoms with Gasteiger partial charge in [-0.2, -0.15) is 0 Å². The van der Waals surface area contributed by atoms with Crippen molar-refractivity contribution in [2.75, 3.05) is 0 Å². The minimum absolute atomic E-state index is 0.692. The predicted octanol–water partition coefficient (Wildman–Crippen LogP) is 14.6. The standard InChI is InChI=1S/C51H31N3S2/c1-2-11-33(12-3-1)51-53-45(35-14-8-13-34(27-35)32-23-25-52-26-24-32)31-46(54-51)38-29-36(39-17-9-19-43-41-15-4-6-21-47(41)55-49(39)43)28-37(30-38)40-18-10-20-44-42-16-5-7-22-48(42)56-50(40)44/h1-31H. The molecule has 3 nitrogen and oxygen atoms in total. The van der Waals surface area contributed by atoms with Crippen LogP contribution in [-0.4, -0.2) is 15.0 Å². The molecule has 0 amide bonds. The van der Waals surface area contributed by atoms with Gasteiger partial charge in [0.25, 0.3) is 0 Å². The highest BCUT2D eigenvalue weighted by Crippen LogP contribution is 2.45. The molecule has 0 bridgehead atoms. The fraction of sp³-hybridized carbons (Fsp3) is 0. The van der Waals surface area contributed by atoms with Crippen molar-refractivity contribution in [2.45, 2.75) is 0 Å². The smallest absolute Gasteiger partial charge is 0.160 e. The molecule has 4 heterocycles. The Morgan fingerprint density at radius 2 is 0.804 bits per heavy atom. The number of benzene rings is 7. The Kier molecular flexibility index (Phi) is 7.87. The fourth-order valence-electron chi connectivity index (χ4n) is 7.90. The molecular weight excluding hydrogens is 719 g/mol. The first kappa shape index (κ1) is 32.6. The van der Waals surface area contributed by atoms with Crippen molar-refractivity contribution in [2.24, 2.45) is 0 Å². The van der Waals surface area contributed by atoms with Crippen LogP contribution in [0.5, 0.6) is 0 Å². The number of fused-ring (bicyclic) bond motifs is 6. The summed E-state index contributed by atoms with van der Waals surface area (Å²) < 4.78 is 5.17. The van der Waals surface area contributed by atoms with Crippen LogP contribution in [0.3, 0.4) is 0 Å². The summed E-state index contributed by atoms with van der Waals surface area (Å²) in [7, 11) is 0. The SMILES string of the molecule is c1ccc(-c2nc(-c3cccc(-c4ccncc4)c3)cc(-c3cc(-c4cccc5c4sc4ccccc45)cc(-c4cccc5c4sc4ccccc45)c3)n2)cc1. The average Bonchev–Trinajstić information content (AvgIpc) is 3.86. The lowest BCUT2D eigenvalue weighted by atomic mass is 9.93. The summed E-state index contributed by atoms with van der Waals surface area (Å²) >= 11 is 3.73. The zero-order valence-electron chi connectivity index (χ0n) is 30.1. The summed E-state index contributed by atoms with van der Waals surface area (Å²) in [5, 5.41) is 5.16. The largest absolute Gasteiger partial charge is 0.265 e. The van der Waals surface area contributed by atoms with Crippen molar-refractivity contribution in [1.82, 2.24) is 15.0 Å². The third-order valence-electron chi connectivity index (χ3n) is 10.6. The second kappa shape index (κ2) is 13.5. The Labute approximate surface area is 331 Å². The molecule has 11 rings (SSSR count). The summed E-state index contributed by atoms with van der Waals surface area (Å²) in [5.41, 5.74) is 11.8. The van der Waals surface area contributed by atoms with E-state index < -0.39 is 0 Å². The van der Waals surface area contributed by atoms with E-state index in [1.807, 2.05) is 65.4 Å². The summed E-state index contributed by atoms with van der Waals surface area (Å²) in [6.07, 6.45) is 3.67. The first-order chi connectivity index (χ1) is 27.7. The summed E-state index contributed by atoms with van der Waals surface area (Å²) in [6, 6.07) is 63.0. The molecule has 0 saturated carbocycles. The van der Waals surface area contributed by atoms with Crippen LogP contribution < -0.4 is 0 Å². The maximum absolute atomic E-state index is 5.33. The van der Waals surface area contributed by atoms with Crippen molar-refractivity contribution >= 4 is 63.0 Å². The predicted molar refractivity (Wildman–Crippen MR) is 238 cm³/mol. The number of rotatable bonds is 6. The monoisotopic (exact) mass is 749 g/mol. The molecular formula is C51H31N3S2. The van der Waals surface area contributed by atoms with Gasteiger partial charge < -0.3 is 0 Å². The molecule has 0 fully saturated rings. The molecule has 4 aromatic heterocycles. The van der Waals surface area contributed by atoms with E-state index in [0.29, 0.717) is 5.82 Å². The van der Waals surface area contributed by atoms with E-state index in [0.717, 1.165) is 50.3 Å². The van der Waals surface area contributed by atoms with Gasteiger partial charge in [-0.25, -0.2) is 9.97 Å². The minimum atomic E-state index is 0.692. The van der Waals surface area contributed by atoms with E-state index in [4.69, 9.17) is 9.97 Å². The number of hydrogen-bond donors (Lipinski definition) is 0. The molecule has 5 heteroatoms. The Hall–Kier alpha value is -6.79. The van der Waals surface area contributed by atoms with Crippen molar-refractivity contribution < 1.29 is 0 Å². The molecule has 0 aliphatic heterocycles. The van der Waals surface area contributed by atoms with E-state index >= 15 is 0 Å². The van der Waals surface area contributed by atoms with Gasteiger partial charge in [0.2, 0.25) is 0 Å². The summed E-state index contributed by atoms with van der Waals surface area (Å²) in [4.78, 5) is 14.8. The fourth-order valence-corrected chi connectivity index (χ4v) is 10.4. The maximum Gasteiger partial charge on any atom is 0.160 e. The molecule has 11 aromatic rings. The lowest BCUT2D eigenvalue weighted by molar-refractivity contribution is 1.18. The molecule has 0 aliphatic rings. The lowest BCUT2D eigenvalue weighted by Gasteiger charge is -2.14. The molecule has 0 radical (unpaired) electrons. The Morgan fingerprint density at radius 3 is 1.45 bits per heavy atom. The molecule has 0 aliphatic carbocycles. The maximum atomic E-state index is 5.33. The number of pyridine rings is 1. The van der Waals surface area contributed by atoms with Gasteiger partial charge in [0.1, 0.15) is 0 Å². The third kappa shape index (κ3) is 5.68. The first-order valence-corrected chi connectivity index (χ1v) is 20.3.